The van der Waals surface area contributed by atoms with Gasteiger partial charge in [-0.15, -0.1) is 0 Å². The SMILES string of the molecule is CC(C)(C)[Si](C)(C)CCCc1c(N)nc(SCc2ccc3ccccc3c2)[nH]c1=O. The molecule has 0 bridgehead atoms. The average Bonchev–Trinajstić information content (AvgIpc) is 2.67. The van der Waals surface area contributed by atoms with E-state index in [0.29, 0.717) is 28.0 Å². The molecule has 0 atom stereocenters. The number of aromatic nitrogens is 2. The van der Waals surface area contributed by atoms with Gasteiger partial charge in [0, 0.05) is 5.75 Å². The topological polar surface area (TPSA) is 71.8 Å². The molecule has 3 rings (SSSR count). The summed E-state index contributed by atoms with van der Waals surface area (Å²) in [6.07, 6.45) is 1.67. The van der Waals surface area contributed by atoms with Crippen molar-refractivity contribution in [3.05, 3.63) is 63.9 Å². The van der Waals surface area contributed by atoms with Gasteiger partial charge in [0.25, 0.3) is 5.56 Å². The van der Waals surface area contributed by atoms with Crippen LogP contribution >= 0.6 is 11.8 Å². The van der Waals surface area contributed by atoms with Gasteiger partial charge in [-0.3, -0.25) is 4.79 Å². The van der Waals surface area contributed by atoms with Gasteiger partial charge in [-0.2, -0.15) is 0 Å². The molecular formula is C24H33N3OSSi. The molecule has 0 aliphatic rings. The summed E-state index contributed by atoms with van der Waals surface area (Å²) in [6, 6.07) is 15.9. The third-order valence-corrected chi connectivity index (χ3v) is 13.1. The van der Waals surface area contributed by atoms with Gasteiger partial charge in [0.2, 0.25) is 0 Å². The molecule has 0 saturated heterocycles. The summed E-state index contributed by atoms with van der Waals surface area (Å²) in [5, 5.41) is 3.38. The van der Waals surface area contributed by atoms with Gasteiger partial charge in [-0.25, -0.2) is 4.98 Å². The van der Waals surface area contributed by atoms with Gasteiger partial charge >= 0.3 is 0 Å². The van der Waals surface area contributed by atoms with E-state index in [4.69, 9.17) is 5.73 Å². The zero-order valence-electron chi connectivity index (χ0n) is 18.7. The predicted molar refractivity (Wildman–Crippen MR) is 133 cm³/mol. The lowest BCUT2D eigenvalue weighted by atomic mass is 10.1. The van der Waals surface area contributed by atoms with Crippen molar-refractivity contribution in [3.8, 4) is 0 Å². The Morgan fingerprint density at radius 3 is 2.47 bits per heavy atom. The van der Waals surface area contributed by atoms with E-state index in [1.54, 1.807) is 0 Å². The van der Waals surface area contributed by atoms with E-state index in [9.17, 15) is 4.79 Å². The average molecular weight is 440 g/mol. The number of rotatable bonds is 7. The molecule has 0 amide bonds. The van der Waals surface area contributed by atoms with Gasteiger partial charge in [0.15, 0.2) is 5.16 Å². The zero-order chi connectivity index (χ0) is 21.9. The van der Waals surface area contributed by atoms with Crippen LogP contribution in [0.1, 0.15) is 38.3 Å². The van der Waals surface area contributed by atoms with Crippen molar-refractivity contribution >= 4 is 36.4 Å². The van der Waals surface area contributed by atoms with Crippen molar-refractivity contribution < 1.29 is 0 Å². The van der Waals surface area contributed by atoms with Gasteiger partial charge in [-0.1, -0.05) is 101 Å². The summed E-state index contributed by atoms with van der Waals surface area (Å²) in [5.74, 6) is 1.10. The second-order valence-electron chi connectivity index (χ2n) is 9.69. The van der Waals surface area contributed by atoms with Crippen molar-refractivity contribution in [3.63, 3.8) is 0 Å². The Labute approximate surface area is 184 Å². The van der Waals surface area contributed by atoms with E-state index in [1.807, 2.05) is 12.1 Å². The molecule has 3 N–H and O–H groups in total. The molecule has 1 heterocycles. The van der Waals surface area contributed by atoms with Crippen molar-refractivity contribution in [1.29, 1.82) is 0 Å². The summed E-state index contributed by atoms with van der Waals surface area (Å²) in [5.41, 5.74) is 7.89. The molecule has 0 spiro atoms. The highest BCUT2D eigenvalue weighted by molar-refractivity contribution is 7.98. The number of nitrogen functional groups attached to an aromatic ring is 1. The number of hydrogen-bond donors (Lipinski definition) is 2. The smallest absolute Gasteiger partial charge is 0.256 e. The molecule has 2 aromatic carbocycles. The lowest BCUT2D eigenvalue weighted by Crippen LogP contribution is -2.36. The van der Waals surface area contributed by atoms with Crippen LogP contribution in [0.3, 0.4) is 0 Å². The Bertz CT molecular complexity index is 1090. The maximum Gasteiger partial charge on any atom is 0.256 e. The number of fused-ring (bicyclic) bond motifs is 1. The molecule has 3 aromatic rings. The number of hydrogen-bond acceptors (Lipinski definition) is 4. The third-order valence-electron chi connectivity index (χ3n) is 6.47. The first kappa shape index (κ1) is 22.6. The third kappa shape index (κ3) is 5.35. The minimum Gasteiger partial charge on any atom is -0.383 e. The molecule has 0 unspecified atom stereocenters. The summed E-state index contributed by atoms with van der Waals surface area (Å²) < 4.78 is 0. The first-order valence-electron chi connectivity index (χ1n) is 10.6. The molecule has 160 valence electrons. The number of benzene rings is 2. The summed E-state index contributed by atoms with van der Waals surface area (Å²) in [7, 11) is -1.35. The van der Waals surface area contributed by atoms with Crippen molar-refractivity contribution in [1.82, 2.24) is 9.97 Å². The molecular weight excluding hydrogens is 406 g/mol. The number of thioether (sulfide) groups is 1. The van der Waals surface area contributed by atoms with Crippen molar-refractivity contribution in [2.45, 2.75) is 68.7 Å². The summed E-state index contributed by atoms with van der Waals surface area (Å²) in [6.45, 7) is 11.8. The second-order valence-corrected chi connectivity index (χ2v) is 16.4. The molecule has 30 heavy (non-hydrogen) atoms. The number of nitrogens with zero attached hydrogens (tertiary/aromatic N) is 1. The first-order chi connectivity index (χ1) is 14.1. The van der Waals surface area contributed by atoms with Gasteiger partial charge in [0.1, 0.15) is 5.82 Å². The fraction of sp³-hybridized carbons (Fsp3) is 0.417. The van der Waals surface area contributed by atoms with E-state index >= 15 is 0 Å². The van der Waals surface area contributed by atoms with Crippen LogP contribution in [0.2, 0.25) is 24.2 Å². The number of aromatic amines is 1. The highest BCUT2D eigenvalue weighted by Gasteiger charge is 2.34. The van der Waals surface area contributed by atoms with Gasteiger partial charge in [0.05, 0.1) is 13.6 Å². The number of H-pyrrole nitrogens is 1. The highest BCUT2D eigenvalue weighted by atomic mass is 32.2. The van der Waals surface area contributed by atoms with E-state index in [0.717, 1.165) is 12.2 Å². The lowest BCUT2D eigenvalue weighted by Gasteiger charge is -2.37. The van der Waals surface area contributed by atoms with Crippen LogP contribution < -0.4 is 11.3 Å². The Kier molecular flexibility index (Phi) is 6.77. The highest BCUT2D eigenvalue weighted by Crippen LogP contribution is 2.39. The van der Waals surface area contributed by atoms with Crippen LogP contribution in [0, 0.1) is 0 Å². The molecule has 6 heteroatoms. The van der Waals surface area contributed by atoms with Gasteiger partial charge in [-0.05, 0) is 27.8 Å². The summed E-state index contributed by atoms with van der Waals surface area (Å²) >= 11 is 1.51. The predicted octanol–water partition coefficient (Wildman–Crippen LogP) is 6.24. The standard InChI is InChI=1S/C24H33N3OSSi/c1-24(2,3)30(4,5)14-8-11-20-21(25)26-23(27-22(20)28)29-16-17-12-13-18-9-6-7-10-19(18)15-17/h6-7,9-10,12-13,15H,8,11,14,16H2,1-5H3,(H3,25,26,27,28). The normalized spacial score (nSPS) is 12.4. The quantitative estimate of drug-likeness (QED) is 0.260. The van der Waals surface area contributed by atoms with E-state index < -0.39 is 8.07 Å². The number of nitrogens with one attached hydrogen (secondary N) is 1. The van der Waals surface area contributed by atoms with Crippen LogP contribution in [0.15, 0.2) is 52.4 Å². The van der Waals surface area contributed by atoms with E-state index in [-0.39, 0.29) is 5.56 Å². The molecule has 0 aliphatic carbocycles. The van der Waals surface area contributed by atoms with Crippen LogP contribution in [0.25, 0.3) is 10.8 Å². The van der Waals surface area contributed by atoms with Crippen molar-refractivity contribution in [2.24, 2.45) is 0 Å². The number of nitrogens with two attached hydrogens (primary N) is 1. The maximum absolute atomic E-state index is 12.6. The van der Waals surface area contributed by atoms with Crippen molar-refractivity contribution in [2.75, 3.05) is 5.73 Å². The van der Waals surface area contributed by atoms with Crippen LogP contribution in [0.4, 0.5) is 5.82 Å². The lowest BCUT2D eigenvalue weighted by molar-refractivity contribution is 0.703. The zero-order valence-corrected chi connectivity index (χ0v) is 20.5. The first-order valence-corrected chi connectivity index (χ1v) is 14.8. The maximum atomic E-state index is 12.6. The Balaban J connectivity index is 1.64. The summed E-state index contributed by atoms with van der Waals surface area (Å²) in [4.78, 5) is 20.0. The number of anilines is 1. The monoisotopic (exact) mass is 439 g/mol. The Morgan fingerprint density at radius 2 is 1.80 bits per heavy atom. The minimum atomic E-state index is -1.35. The van der Waals surface area contributed by atoms with Crippen LogP contribution in [0.5, 0.6) is 0 Å². The van der Waals surface area contributed by atoms with Crippen LogP contribution in [-0.2, 0) is 12.2 Å². The largest absolute Gasteiger partial charge is 0.383 e. The van der Waals surface area contributed by atoms with Crippen LogP contribution in [-0.4, -0.2) is 18.0 Å². The van der Waals surface area contributed by atoms with E-state index in [1.165, 1.54) is 34.1 Å². The minimum absolute atomic E-state index is 0.0984. The fourth-order valence-corrected chi connectivity index (χ4v) is 5.99. The molecule has 0 saturated carbocycles. The Morgan fingerprint density at radius 1 is 1.10 bits per heavy atom. The molecule has 1 aromatic heterocycles. The molecule has 0 radical (unpaired) electrons. The molecule has 0 aliphatic heterocycles. The Hall–Kier alpha value is -2.05. The molecule has 0 fully saturated rings. The van der Waals surface area contributed by atoms with Gasteiger partial charge < -0.3 is 10.7 Å². The second kappa shape index (κ2) is 8.98. The van der Waals surface area contributed by atoms with E-state index in [2.05, 4.69) is 74.2 Å². The fourth-order valence-electron chi connectivity index (χ4n) is 3.37. The molecule has 4 nitrogen and oxygen atoms in total.